The van der Waals surface area contributed by atoms with Gasteiger partial charge in [0.1, 0.15) is 16.4 Å². The first-order valence-electron chi connectivity index (χ1n) is 9.83. The van der Waals surface area contributed by atoms with E-state index in [1.165, 1.54) is 29.1 Å². The van der Waals surface area contributed by atoms with Gasteiger partial charge in [-0.2, -0.15) is 0 Å². The van der Waals surface area contributed by atoms with Crippen LogP contribution in [0.2, 0.25) is 0 Å². The molecule has 0 aliphatic heterocycles. The number of phenolic OH excluding ortho intramolecular Hbond substituents is 2. The molecule has 11 nitrogen and oxygen atoms in total. The molecule has 34 heavy (non-hydrogen) atoms. The fourth-order valence-electron chi connectivity index (χ4n) is 3.36. The van der Waals surface area contributed by atoms with Crippen LogP contribution in [0.4, 0.5) is 0 Å². The molecule has 0 unspecified atom stereocenters. The maximum atomic E-state index is 13.2. The minimum atomic E-state index is -4.57. The van der Waals surface area contributed by atoms with Gasteiger partial charge in [-0.15, -0.1) is 5.10 Å². The Balaban J connectivity index is 1.85. The standard InChI is InChI=1S/C22H19N5O6S/c1-13-6-3-4-8-16(13)27-20(24-25-22(27)31)15-10-19(18(29)11-17(15)28)34(32,33)26(2)21(30)14-7-5-9-23-12-14/h3-12,28-29H,1-2H3,(H,25,31). The number of aromatic hydroxyl groups is 3. The third kappa shape index (κ3) is 3.79. The number of pyridine rings is 1. The van der Waals surface area contributed by atoms with Crippen LogP contribution in [0.15, 0.2) is 65.8 Å². The van der Waals surface area contributed by atoms with Crippen molar-refractivity contribution >= 4 is 15.9 Å². The van der Waals surface area contributed by atoms with E-state index in [0.717, 1.165) is 24.7 Å². The minimum absolute atomic E-state index is 0.0243. The first kappa shape index (κ1) is 22.7. The van der Waals surface area contributed by atoms with Crippen molar-refractivity contribution in [2.75, 3.05) is 7.05 Å². The number of sulfonamides is 1. The molecule has 0 aliphatic carbocycles. The van der Waals surface area contributed by atoms with Gasteiger partial charge in [0.25, 0.3) is 15.9 Å². The topological polar surface area (TPSA) is 159 Å². The van der Waals surface area contributed by atoms with Crippen LogP contribution in [0.3, 0.4) is 0 Å². The summed E-state index contributed by atoms with van der Waals surface area (Å²) in [6.45, 7) is 1.78. The van der Waals surface area contributed by atoms with E-state index in [1.54, 1.807) is 31.2 Å². The Labute approximate surface area is 194 Å². The Morgan fingerprint density at radius 1 is 1.00 bits per heavy atom. The average molecular weight is 481 g/mol. The van der Waals surface area contributed by atoms with Gasteiger partial charge in [-0.05, 0) is 36.8 Å². The van der Waals surface area contributed by atoms with E-state index in [0.29, 0.717) is 9.99 Å². The molecule has 0 radical (unpaired) electrons. The van der Waals surface area contributed by atoms with Gasteiger partial charge in [-0.1, -0.05) is 23.3 Å². The molecule has 2 aromatic carbocycles. The summed E-state index contributed by atoms with van der Waals surface area (Å²) < 4.78 is 28.1. The third-order valence-corrected chi connectivity index (χ3v) is 6.92. The molecule has 0 saturated carbocycles. The number of aromatic nitrogens is 4. The number of benzene rings is 2. The molecule has 0 spiro atoms. The van der Waals surface area contributed by atoms with E-state index in [-0.39, 0.29) is 17.0 Å². The Morgan fingerprint density at radius 2 is 1.74 bits per heavy atom. The van der Waals surface area contributed by atoms with Crippen LogP contribution in [0.5, 0.6) is 17.5 Å². The highest BCUT2D eigenvalue weighted by molar-refractivity contribution is 7.89. The highest BCUT2D eigenvalue weighted by Gasteiger charge is 2.31. The zero-order valence-corrected chi connectivity index (χ0v) is 18.8. The summed E-state index contributed by atoms with van der Waals surface area (Å²) in [7, 11) is -3.53. The maximum absolute atomic E-state index is 13.2. The van der Waals surface area contributed by atoms with E-state index in [4.69, 9.17) is 0 Å². The van der Waals surface area contributed by atoms with Crippen molar-refractivity contribution in [2.24, 2.45) is 0 Å². The highest BCUT2D eigenvalue weighted by atomic mass is 32.2. The Bertz CT molecular complexity index is 1500. The van der Waals surface area contributed by atoms with Crippen LogP contribution in [-0.2, 0) is 10.0 Å². The molecule has 0 fully saturated rings. The van der Waals surface area contributed by atoms with E-state index in [1.807, 2.05) is 0 Å². The summed E-state index contributed by atoms with van der Waals surface area (Å²) >= 11 is 0. The van der Waals surface area contributed by atoms with E-state index in [2.05, 4.69) is 15.2 Å². The quantitative estimate of drug-likeness (QED) is 0.388. The lowest BCUT2D eigenvalue weighted by Crippen LogP contribution is -2.33. The van der Waals surface area contributed by atoms with Crippen molar-refractivity contribution in [1.82, 2.24) is 24.1 Å². The summed E-state index contributed by atoms with van der Waals surface area (Å²) in [5, 5.41) is 38.7. The van der Waals surface area contributed by atoms with Gasteiger partial charge in [0.2, 0.25) is 0 Å². The lowest BCUT2D eigenvalue weighted by Gasteiger charge is -2.19. The number of hydrogen-bond acceptors (Lipinski definition) is 9. The summed E-state index contributed by atoms with van der Waals surface area (Å²) in [6.07, 6.45) is 2.65. The van der Waals surface area contributed by atoms with Crippen molar-refractivity contribution < 1.29 is 28.5 Å². The number of phenols is 2. The smallest absolute Gasteiger partial charge is 0.319 e. The number of hydrogen-bond donors (Lipinski definition) is 3. The molecule has 2 heterocycles. The van der Waals surface area contributed by atoms with E-state index in [9.17, 15) is 28.5 Å². The predicted molar refractivity (Wildman–Crippen MR) is 120 cm³/mol. The molecule has 1 amide bonds. The van der Waals surface area contributed by atoms with Gasteiger partial charge in [-0.3, -0.25) is 9.78 Å². The number of rotatable bonds is 5. The fraction of sp³-hybridized carbons (Fsp3) is 0.0909. The van der Waals surface area contributed by atoms with Crippen LogP contribution in [0.25, 0.3) is 17.1 Å². The van der Waals surface area contributed by atoms with Gasteiger partial charge in [0, 0.05) is 25.5 Å². The van der Waals surface area contributed by atoms with Gasteiger partial charge < -0.3 is 15.3 Å². The minimum Gasteiger partial charge on any atom is -0.507 e. The van der Waals surface area contributed by atoms with E-state index < -0.39 is 38.3 Å². The monoisotopic (exact) mass is 481 g/mol. The van der Waals surface area contributed by atoms with Gasteiger partial charge in [0.05, 0.1) is 16.8 Å². The molecule has 174 valence electrons. The normalized spacial score (nSPS) is 11.4. The van der Waals surface area contributed by atoms with Crippen LogP contribution in [-0.4, -0.2) is 60.7 Å². The zero-order chi connectivity index (χ0) is 24.6. The second-order valence-corrected chi connectivity index (χ2v) is 9.24. The lowest BCUT2D eigenvalue weighted by molar-refractivity contribution is 0.0882. The predicted octanol–water partition coefficient (Wildman–Crippen LogP) is 2.22. The van der Waals surface area contributed by atoms with Crippen LogP contribution < -0.4 is 0 Å². The van der Waals surface area contributed by atoms with Gasteiger partial charge in [0.15, 0.2) is 5.82 Å². The third-order valence-electron chi connectivity index (χ3n) is 5.15. The number of carbonyl (C=O) groups is 1. The molecule has 0 atom stereocenters. The van der Waals surface area contributed by atoms with Crippen LogP contribution in [0, 0.1) is 6.92 Å². The van der Waals surface area contributed by atoms with Crippen molar-refractivity contribution in [3.05, 3.63) is 72.1 Å². The Morgan fingerprint density at radius 3 is 2.41 bits per heavy atom. The van der Waals surface area contributed by atoms with Gasteiger partial charge in [-0.25, -0.2) is 17.3 Å². The number of nitrogens with zero attached hydrogens (tertiary/aromatic N) is 5. The second-order valence-electron chi connectivity index (χ2n) is 7.30. The molecule has 0 bridgehead atoms. The highest BCUT2D eigenvalue weighted by Crippen LogP contribution is 2.39. The second kappa shape index (κ2) is 8.48. The summed E-state index contributed by atoms with van der Waals surface area (Å²) in [4.78, 5) is 15.8. The first-order chi connectivity index (χ1) is 16.1. The summed E-state index contributed by atoms with van der Waals surface area (Å²) in [5.41, 5.74) is 1.11. The molecule has 12 heteroatoms. The maximum Gasteiger partial charge on any atom is 0.319 e. The van der Waals surface area contributed by atoms with E-state index >= 15 is 0 Å². The molecule has 0 aliphatic rings. The molecular formula is C22H19N5O6S. The molecule has 3 N–H and O–H groups in total. The number of amides is 1. The molecular weight excluding hydrogens is 462 g/mol. The zero-order valence-electron chi connectivity index (χ0n) is 18.0. The van der Waals surface area contributed by atoms with Crippen LogP contribution >= 0.6 is 0 Å². The number of para-hydroxylation sites is 1. The van der Waals surface area contributed by atoms with Crippen molar-refractivity contribution in [2.45, 2.75) is 11.8 Å². The van der Waals surface area contributed by atoms with Crippen LogP contribution in [0.1, 0.15) is 15.9 Å². The van der Waals surface area contributed by atoms with Crippen molar-refractivity contribution in [3.8, 4) is 34.6 Å². The molecule has 4 aromatic rings. The van der Waals surface area contributed by atoms with Crippen molar-refractivity contribution in [1.29, 1.82) is 0 Å². The molecule has 0 saturated heterocycles. The number of aryl methyl sites for hydroxylation is 1. The van der Waals surface area contributed by atoms with Gasteiger partial charge >= 0.3 is 6.01 Å². The summed E-state index contributed by atoms with van der Waals surface area (Å²) in [5.74, 6) is -2.25. The largest absolute Gasteiger partial charge is 0.507 e. The molecule has 4 rings (SSSR count). The SMILES string of the molecule is Cc1ccccc1-n1c(O)nnc1-c1cc(S(=O)(=O)N(C)C(=O)c2cccnc2)c(O)cc1O. The molecule has 2 aromatic heterocycles. The Kier molecular flexibility index (Phi) is 5.67. The lowest BCUT2D eigenvalue weighted by atomic mass is 10.1. The fourth-order valence-corrected chi connectivity index (χ4v) is 4.57. The number of carbonyl (C=O) groups excluding carboxylic acids is 1. The average Bonchev–Trinajstić information content (AvgIpc) is 3.19. The summed E-state index contributed by atoms with van der Waals surface area (Å²) in [6, 6.07) is 11.1. The van der Waals surface area contributed by atoms with Crippen molar-refractivity contribution in [3.63, 3.8) is 0 Å². The Hall–Kier alpha value is -4.45. The first-order valence-corrected chi connectivity index (χ1v) is 11.3.